The van der Waals surface area contributed by atoms with Gasteiger partial charge in [-0.25, -0.2) is 4.79 Å². The minimum absolute atomic E-state index is 0.0191. The highest BCUT2D eigenvalue weighted by Crippen LogP contribution is 2.29. The Morgan fingerprint density at radius 3 is 2.88 bits per heavy atom. The fourth-order valence-corrected chi connectivity index (χ4v) is 3.37. The first-order valence-corrected chi connectivity index (χ1v) is 6.28. The zero-order valence-corrected chi connectivity index (χ0v) is 10.6. The summed E-state index contributed by atoms with van der Waals surface area (Å²) in [5.74, 6) is 0.0468. The van der Waals surface area contributed by atoms with Gasteiger partial charge in [0.1, 0.15) is 6.04 Å². The van der Waals surface area contributed by atoms with Crippen molar-refractivity contribution in [2.45, 2.75) is 32.4 Å². The molecule has 0 aromatic rings. The Labute approximate surface area is 102 Å². The van der Waals surface area contributed by atoms with Gasteiger partial charge in [0, 0.05) is 12.3 Å². The van der Waals surface area contributed by atoms with Crippen LogP contribution in [0.25, 0.3) is 0 Å². The summed E-state index contributed by atoms with van der Waals surface area (Å²) in [6.45, 7) is 4.20. The Hall–Kier alpha value is -1.16. The van der Waals surface area contributed by atoms with Gasteiger partial charge in [-0.2, -0.15) is 0 Å². The third kappa shape index (κ3) is 1.90. The largest absolute Gasteiger partial charge is 0.462 e. The molecule has 1 unspecified atom stereocenters. The second-order valence-corrected chi connectivity index (χ2v) is 5.01. The lowest BCUT2D eigenvalue weighted by molar-refractivity contribution is -0.910. The zero-order valence-electron chi connectivity index (χ0n) is 10.6. The van der Waals surface area contributed by atoms with Gasteiger partial charge in [-0.3, -0.25) is 4.79 Å². The summed E-state index contributed by atoms with van der Waals surface area (Å²) < 4.78 is 5.12. The maximum absolute atomic E-state index is 11.9. The van der Waals surface area contributed by atoms with Crippen LogP contribution in [0.1, 0.15) is 20.3 Å². The quantitative estimate of drug-likeness (QED) is 0.666. The number of hydrogen-bond acceptors (Lipinski definition) is 3. The molecule has 94 valence electrons. The van der Waals surface area contributed by atoms with E-state index < -0.39 is 0 Å². The molecule has 0 amide bonds. The monoisotopic (exact) mass is 238 g/mol. The van der Waals surface area contributed by atoms with E-state index >= 15 is 0 Å². The summed E-state index contributed by atoms with van der Waals surface area (Å²) in [6.07, 6.45) is 4.47. The van der Waals surface area contributed by atoms with E-state index in [0.717, 1.165) is 11.3 Å². The average molecular weight is 238 g/mol. The highest BCUT2D eigenvalue weighted by molar-refractivity contribution is 5.94. The summed E-state index contributed by atoms with van der Waals surface area (Å²) in [6, 6.07) is 0.0331. The zero-order chi connectivity index (χ0) is 12.6. The molecule has 2 rings (SSSR count). The number of nitrogens with one attached hydrogen (secondary N) is 1. The first kappa shape index (κ1) is 12.3. The Balaban J connectivity index is 2.22. The van der Waals surface area contributed by atoms with Crippen molar-refractivity contribution in [3.05, 3.63) is 12.2 Å². The number of carbonyl (C=O) groups is 2. The van der Waals surface area contributed by atoms with Gasteiger partial charge >= 0.3 is 5.97 Å². The molecule has 0 bridgehead atoms. The third-order valence-electron chi connectivity index (χ3n) is 4.14. The molecule has 17 heavy (non-hydrogen) atoms. The minimum Gasteiger partial charge on any atom is -0.462 e. The first-order valence-electron chi connectivity index (χ1n) is 6.28. The molecule has 4 heteroatoms. The molecular weight excluding hydrogens is 218 g/mol. The first-order chi connectivity index (χ1) is 8.07. The highest BCUT2D eigenvalue weighted by atomic mass is 16.5. The summed E-state index contributed by atoms with van der Waals surface area (Å²) >= 11 is 0. The van der Waals surface area contributed by atoms with Crippen molar-refractivity contribution < 1.29 is 19.2 Å². The van der Waals surface area contributed by atoms with Crippen LogP contribution in [-0.4, -0.2) is 37.5 Å². The summed E-state index contributed by atoms with van der Waals surface area (Å²) in [7, 11) is 2.00. The lowest BCUT2D eigenvalue weighted by Crippen LogP contribution is -3.16. The van der Waals surface area contributed by atoms with Crippen molar-refractivity contribution in [2.24, 2.45) is 11.8 Å². The van der Waals surface area contributed by atoms with Gasteiger partial charge in [-0.05, 0) is 13.0 Å². The number of ether oxygens (including phenoxy) is 1. The van der Waals surface area contributed by atoms with E-state index in [9.17, 15) is 9.59 Å². The Kier molecular flexibility index (Phi) is 3.33. The molecule has 1 N–H and O–H groups in total. The Morgan fingerprint density at radius 2 is 2.29 bits per heavy atom. The number of ketones is 1. The van der Waals surface area contributed by atoms with Crippen LogP contribution in [0.5, 0.6) is 0 Å². The van der Waals surface area contributed by atoms with Gasteiger partial charge in [-0.1, -0.05) is 13.0 Å². The number of carbonyl (C=O) groups excluding carboxylic acids is 2. The van der Waals surface area contributed by atoms with Crippen LogP contribution in [0.15, 0.2) is 12.2 Å². The molecule has 0 spiro atoms. The molecule has 1 saturated heterocycles. The smallest absolute Gasteiger partial charge is 0.365 e. The van der Waals surface area contributed by atoms with E-state index in [1.165, 1.54) is 0 Å². The van der Waals surface area contributed by atoms with Crippen molar-refractivity contribution in [2.75, 3.05) is 13.7 Å². The molecule has 0 radical (unpaired) electrons. The van der Waals surface area contributed by atoms with Crippen molar-refractivity contribution in [3.8, 4) is 0 Å². The lowest BCUT2D eigenvalue weighted by Gasteiger charge is -2.23. The number of likely N-dealkylation sites (N-methyl/N-ethyl adjacent to an activating group) is 1. The van der Waals surface area contributed by atoms with E-state index in [-0.39, 0.29) is 35.7 Å². The van der Waals surface area contributed by atoms with Crippen molar-refractivity contribution in [1.29, 1.82) is 0 Å². The Morgan fingerprint density at radius 1 is 1.59 bits per heavy atom. The third-order valence-corrected chi connectivity index (χ3v) is 4.14. The van der Waals surface area contributed by atoms with E-state index in [4.69, 9.17) is 4.74 Å². The highest BCUT2D eigenvalue weighted by Gasteiger charge is 2.55. The molecule has 0 aromatic carbocycles. The van der Waals surface area contributed by atoms with Gasteiger partial charge in [0.15, 0.2) is 11.8 Å². The molecule has 0 aromatic heterocycles. The van der Waals surface area contributed by atoms with Crippen molar-refractivity contribution >= 4 is 11.8 Å². The van der Waals surface area contributed by atoms with E-state index in [2.05, 4.69) is 0 Å². The predicted octanol–water partition coefficient (Wildman–Crippen LogP) is -0.404. The fourth-order valence-electron chi connectivity index (χ4n) is 3.37. The molecular formula is C13H20NO3+. The summed E-state index contributed by atoms with van der Waals surface area (Å²) in [4.78, 5) is 25.0. The van der Waals surface area contributed by atoms with Crippen LogP contribution in [0, 0.1) is 11.8 Å². The van der Waals surface area contributed by atoms with E-state index in [0.29, 0.717) is 6.61 Å². The number of allylic oxidation sites excluding steroid dienone is 1. The average Bonchev–Trinajstić information content (AvgIpc) is 2.53. The van der Waals surface area contributed by atoms with E-state index in [1.54, 1.807) is 6.08 Å². The second-order valence-electron chi connectivity index (χ2n) is 5.01. The molecule has 4 nitrogen and oxygen atoms in total. The molecule has 1 heterocycles. The van der Waals surface area contributed by atoms with Gasteiger partial charge in [0.05, 0.1) is 19.6 Å². The molecule has 5 atom stereocenters. The maximum atomic E-state index is 11.9. The number of hydrogen-bond donors (Lipinski definition) is 1. The molecule has 2 aliphatic rings. The van der Waals surface area contributed by atoms with Crippen LogP contribution in [0.3, 0.4) is 0 Å². The number of fused-ring (bicyclic) bond motifs is 1. The van der Waals surface area contributed by atoms with Crippen LogP contribution in [0.2, 0.25) is 0 Å². The summed E-state index contributed by atoms with van der Waals surface area (Å²) in [5, 5.41) is 0. The topological polar surface area (TPSA) is 47.8 Å². The second kappa shape index (κ2) is 4.61. The van der Waals surface area contributed by atoms with Crippen molar-refractivity contribution in [1.82, 2.24) is 0 Å². The number of quaternary nitrogens is 1. The molecule has 0 saturated carbocycles. The van der Waals surface area contributed by atoms with Gasteiger partial charge in [0.25, 0.3) is 0 Å². The molecule has 1 aliphatic heterocycles. The Bertz CT molecular complexity index is 364. The van der Waals surface area contributed by atoms with Gasteiger partial charge in [-0.15, -0.1) is 0 Å². The predicted molar refractivity (Wildman–Crippen MR) is 62.5 cm³/mol. The maximum Gasteiger partial charge on any atom is 0.365 e. The van der Waals surface area contributed by atoms with Crippen LogP contribution < -0.4 is 4.90 Å². The normalized spacial score (nSPS) is 40.2. The van der Waals surface area contributed by atoms with E-state index in [1.807, 2.05) is 27.0 Å². The van der Waals surface area contributed by atoms with Crippen LogP contribution in [0.4, 0.5) is 0 Å². The van der Waals surface area contributed by atoms with Crippen LogP contribution in [-0.2, 0) is 14.3 Å². The number of esters is 1. The number of likely N-dealkylation sites (tertiary alicyclic amines) is 1. The van der Waals surface area contributed by atoms with Gasteiger partial charge < -0.3 is 9.64 Å². The lowest BCUT2D eigenvalue weighted by atomic mass is 9.81. The van der Waals surface area contributed by atoms with Crippen LogP contribution >= 0.6 is 0 Å². The fraction of sp³-hybridized carbons (Fsp3) is 0.692. The van der Waals surface area contributed by atoms with Gasteiger partial charge in [0.2, 0.25) is 0 Å². The minimum atomic E-state index is -0.200. The molecule has 1 fully saturated rings. The standard InChI is InChI=1S/C13H19NO3/c1-4-17-13(16)12-8(2)11-9(14(12)3)6-5-7-10(11)15/h5,7-9,11-12H,4,6H2,1-3H3/p+1/t8-,9+,11-,12-/m1/s1. The summed E-state index contributed by atoms with van der Waals surface area (Å²) in [5.41, 5.74) is 0. The van der Waals surface area contributed by atoms with Crippen molar-refractivity contribution in [3.63, 3.8) is 0 Å². The SMILES string of the molecule is CCOC(=O)[C@H]1[C@H](C)[C@H]2C(=O)C=CC[C@@H]2[NH+]1C. The molecule has 1 aliphatic carbocycles. The number of rotatable bonds is 2.